The molecular formula is C14H13NO3. The van der Waals surface area contributed by atoms with E-state index in [0.29, 0.717) is 17.2 Å². The number of benzene rings is 1. The lowest BCUT2D eigenvalue weighted by Gasteiger charge is -2.08. The van der Waals surface area contributed by atoms with Crippen LogP contribution >= 0.6 is 0 Å². The van der Waals surface area contributed by atoms with Crippen LogP contribution in [0.25, 0.3) is 0 Å². The summed E-state index contributed by atoms with van der Waals surface area (Å²) in [5.74, 6) is 1.02. The minimum absolute atomic E-state index is 0.367. The maximum atomic E-state index is 11.2. The van der Waals surface area contributed by atoms with Crippen LogP contribution in [-0.4, -0.2) is 10.5 Å². The molecule has 0 unspecified atom stereocenters. The van der Waals surface area contributed by atoms with E-state index in [1.54, 1.807) is 18.2 Å². The van der Waals surface area contributed by atoms with Gasteiger partial charge in [-0.05, 0) is 18.2 Å². The third-order valence-corrected chi connectivity index (χ3v) is 2.26. The van der Waals surface area contributed by atoms with Crippen LogP contribution in [0.5, 0.6) is 17.2 Å². The summed E-state index contributed by atoms with van der Waals surface area (Å²) in [6.45, 7) is 3.36. The van der Waals surface area contributed by atoms with E-state index in [4.69, 9.17) is 9.47 Å². The van der Waals surface area contributed by atoms with Gasteiger partial charge in [0.1, 0.15) is 5.75 Å². The third kappa shape index (κ3) is 2.79. The normalized spacial score (nSPS) is 9.83. The second-order valence-corrected chi connectivity index (χ2v) is 3.69. The summed E-state index contributed by atoms with van der Waals surface area (Å²) >= 11 is 0. The molecule has 0 aliphatic carbocycles. The van der Waals surface area contributed by atoms with Crippen molar-refractivity contribution >= 4 is 5.97 Å². The molecule has 2 aromatic rings. The smallest absolute Gasteiger partial charge is 0.335 e. The molecule has 0 radical (unpaired) electrons. The summed E-state index contributed by atoms with van der Waals surface area (Å²) in [6.07, 6.45) is 4.80. The van der Waals surface area contributed by atoms with Crippen molar-refractivity contribution in [2.24, 2.45) is 7.05 Å². The largest absolute Gasteiger partial charge is 0.452 e. The minimum Gasteiger partial charge on any atom is -0.452 e. The van der Waals surface area contributed by atoms with Gasteiger partial charge in [-0.25, -0.2) is 4.79 Å². The van der Waals surface area contributed by atoms with Crippen LogP contribution in [0, 0.1) is 0 Å². The first-order valence-corrected chi connectivity index (χ1v) is 5.42. The lowest BCUT2D eigenvalue weighted by atomic mass is 10.3. The SMILES string of the molecule is C=CC(=O)Oc1ccccc1Oc1ccn(C)c1. The van der Waals surface area contributed by atoms with Gasteiger partial charge < -0.3 is 14.0 Å². The second kappa shape index (κ2) is 5.23. The van der Waals surface area contributed by atoms with E-state index in [1.807, 2.05) is 36.1 Å². The Morgan fingerprint density at radius 1 is 1.28 bits per heavy atom. The van der Waals surface area contributed by atoms with Gasteiger partial charge in [0, 0.05) is 25.5 Å². The molecule has 0 saturated heterocycles. The molecule has 1 aromatic heterocycles. The lowest BCUT2D eigenvalue weighted by Crippen LogP contribution is -2.04. The van der Waals surface area contributed by atoms with Crippen LogP contribution in [0.3, 0.4) is 0 Å². The van der Waals surface area contributed by atoms with Gasteiger partial charge in [0.15, 0.2) is 11.5 Å². The summed E-state index contributed by atoms with van der Waals surface area (Å²) in [6, 6.07) is 8.80. The molecule has 1 aromatic carbocycles. The quantitative estimate of drug-likeness (QED) is 0.471. The van der Waals surface area contributed by atoms with Gasteiger partial charge in [-0.2, -0.15) is 0 Å². The zero-order valence-electron chi connectivity index (χ0n) is 10.00. The van der Waals surface area contributed by atoms with Crippen molar-refractivity contribution in [3.63, 3.8) is 0 Å². The fourth-order valence-corrected chi connectivity index (χ4v) is 1.43. The highest BCUT2D eigenvalue weighted by Crippen LogP contribution is 2.31. The van der Waals surface area contributed by atoms with Crippen molar-refractivity contribution in [1.29, 1.82) is 0 Å². The fourth-order valence-electron chi connectivity index (χ4n) is 1.43. The molecule has 4 heteroatoms. The molecule has 0 aliphatic heterocycles. The van der Waals surface area contributed by atoms with Crippen LogP contribution in [0.2, 0.25) is 0 Å². The molecule has 2 rings (SSSR count). The Labute approximate surface area is 105 Å². The number of para-hydroxylation sites is 2. The van der Waals surface area contributed by atoms with Crippen LogP contribution in [0.4, 0.5) is 0 Å². The lowest BCUT2D eigenvalue weighted by molar-refractivity contribution is -0.129. The number of rotatable bonds is 4. The number of nitrogens with zero attached hydrogens (tertiary/aromatic N) is 1. The molecule has 0 amide bonds. The van der Waals surface area contributed by atoms with Crippen molar-refractivity contribution in [3.05, 3.63) is 55.4 Å². The third-order valence-electron chi connectivity index (χ3n) is 2.26. The Morgan fingerprint density at radius 3 is 2.61 bits per heavy atom. The van der Waals surface area contributed by atoms with Crippen molar-refractivity contribution in [1.82, 2.24) is 4.57 Å². The predicted molar refractivity (Wildman–Crippen MR) is 67.8 cm³/mol. The standard InChI is InChI=1S/C14H13NO3/c1-3-14(16)18-13-7-5-4-6-12(13)17-11-8-9-15(2)10-11/h3-10H,1H2,2H3. The Morgan fingerprint density at radius 2 is 2.00 bits per heavy atom. The van der Waals surface area contributed by atoms with E-state index in [9.17, 15) is 4.79 Å². The van der Waals surface area contributed by atoms with E-state index in [2.05, 4.69) is 6.58 Å². The molecule has 0 atom stereocenters. The molecule has 4 nitrogen and oxygen atoms in total. The molecular weight excluding hydrogens is 230 g/mol. The van der Waals surface area contributed by atoms with Crippen LogP contribution < -0.4 is 9.47 Å². The molecule has 92 valence electrons. The van der Waals surface area contributed by atoms with Crippen LogP contribution in [0.15, 0.2) is 55.4 Å². The van der Waals surface area contributed by atoms with Crippen molar-refractivity contribution in [2.45, 2.75) is 0 Å². The number of aromatic nitrogens is 1. The monoisotopic (exact) mass is 243 g/mol. The number of aryl methyl sites for hydroxylation is 1. The summed E-state index contributed by atoms with van der Waals surface area (Å²) in [7, 11) is 1.90. The van der Waals surface area contributed by atoms with Gasteiger partial charge in [0.05, 0.1) is 0 Å². The molecule has 0 N–H and O–H groups in total. The van der Waals surface area contributed by atoms with E-state index >= 15 is 0 Å². The fraction of sp³-hybridized carbons (Fsp3) is 0.0714. The van der Waals surface area contributed by atoms with Crippen molar-refractivity contribution in [2.75, 3.05) is 0 Å². The first-order chi connectivity index (χ1) is 8.69. The van der Waals surface area contributed by atoms with Crippen LogP contribution in [-0.2, 0) is 11.8 Å². The molecule has 0 aliphatic rings. The van der Waals surface area contributed by atoms with Crippen molar-refractivity contribution < 1.29 is 14.3 Å². The molecule has 18 heavy (non-hydrogen) atoms. The first kappa shape index (κ1) is 12.0. The average Bonchev–Trinajstić information content (AvgIpc) is 2.77. The van der Waals surface area contributed by atoms with E-state index in [-0.39, 0.29) is 0 Å². The van der Waals surface area contributed by atoms with Crippen molar-refractivity contribution in [3.8, 4) is 17.2 Å². The number of hydrogen-bond acceptors (Lipinski definition) is 3. The first-order valence-electron chi connectivity index (χ1n) is 5.42. The topological polar surface area (TPSA) is 40.5 Å². The Balaban J connectivity index is 2.21. The summed E-state index contributed by atoms with van der Waals surface area (Å²) in [5, 5.41) is 0. The van der Waals surface area contributed by atoms with Gasteiger partial charge in [0.25, 0.3) is 0 Å². The highest BCUT2D eigenvalue weighted by atomic mass is 16.6. The van der Waals surface area contributed by atoms with E-state index < -0.39 is 5.97 Å². The maximum absolute atomic E-state index is 11.2. The number of carbonyl (C=O) groups is 1. The summed E-state index contributed by atoms with van der Waals surface area (Å²) < 4.78 is 12.6. The number of hydrogen-bond donors (Lipinski definition) is 0. The highest BCUT2D eigenvalue weighted by Gasteiger charge is 2.08. The van der Waals surface area contributed by atoms with Gasteiger partial charge >= 0.3 is 5.97 Å². The summed E-state index contributed by atoms with van der Waals surface area (Å²) in [5.41, 5.74) is 0. The molecule has 0 spiro atoms. The minimum atomic E-state index is -0.515. The Hall–Kier alpha value is -2.49. The van der Waals surface area contributed by atoms with Gasteiger partial charge in [-0.15, -0.1) is 0 Å². The number of carbonyl (C=O) groups excluding carboxylic acids is 1. The van der Waals surface area contributed by atoms with Gasteiger partial charge in [0.2, 0.25) is 0 Å². The van der Waals surface area contributed by atoms with Gasteiger partial charge in [-0.3, -0.25) is 0 Å². The molecule has 0 fully saturated rings. The molecule has 1 heterocycles. The van der Waals surface area contributed by atoms with E-state index in [0.717, 1.165) is 6.08 Å². The second-order valence-electron chi connectivity index (χ2n) is 3.69. The average molecular weight is 243 g/mol. The maximum Gasteiger partial charge on any atom is 0.335 e. The predicted octanol–water partition coefficient (Wildman–Crippen LogP) is 2.91. The molecule has 0 bridgehead atoms. The number of ether oxygens (including phenoxy) is 2. The van der Waals surface area contributed by atoms with E-state index in [1.165, 1.54) is 0 Å². The zero-order chi connectivity index (χ0) is 13.0. The Kier molecular flexibility index (Phi) is 3.48. The summed E-state index contributed by atoms with van der Waals surface area (Å²) in [4.78, 5) is 11.2. The molecule has 0 saturated carbocycles. The van der Waals surface area contributed by atoms with Crippen LogP contribution in [0.1, 0.15) is 0 Å². The highest BCUT2D eigenvalue weighted by molar-refractivity contribution is 5.83. The number of esters is 1. The Bertz CT molecular complexity index is 572. The van der Waals surface area contributed by atoms with Gasteiger partial charge in [-0.1, -0.05) is 18.7 Å². The zero-order valence-corrected chi connectivity index (χ0v) is 10.00.